The van der Waals surface area contributed by atoms with E-state index in [0.29, 0.717) is 13.0 Å². The fraction of sp³-hybridized carbons (Fsp3) is 0.750. The number of hydrogen-bond acceptors (Lipinski definition) is 6. The van der Waals surface area contributed by atoms with Crippen molar-refractivity contribution in [3.8, 4) is 0 Å². The number of nitrogens with zero attached hydrogens (tertiary/aromatic N) is 4. The molecule has 6 nitrogen and oxygen atoms in total. The minimum absolute atomic E-state index is 0.130. The summed E-state index contributed by atoms with van der Waals surface area (Å²) in [5.74, 6) is 0.182. The number of aryl methyl sites for hydroxylation is 1. The molecule has 1 aromatic rings. The van der Waals surface area contributed by atoms with Gasteiger partial charge < -0.3 is 9.64 Å². The summed E-state index contributed by atoms with van der Waals surface area (Å²) in [6, 6.07) is 0.170. The van der Waals surface area contributed by atoms with Crippen molar-refractivity contribution in [3.63, 3.8) is 0 Å². The third kappa shape index (κ3) is 2.63. The number of likely N-dealkylation sites (N-methyl/N-ethyl adjacent to an activating group) is 1. The van der Waals surface area contributed by atoms with Crippen molar-refractivity contribution in [2.24, 2.45) is 0 Å². The van der Waals surface area contributed by atoms with Crippen LogP contribution < -0.4 is 0 Å². The van der Waals surface area contributed by atoms with Gasteiger partial charge in [-0.25, -0.2) is 0 Å². The Kier molecular flexibility index (Phi) is 3.51. The van der Waals surface area contributed by atoms with Crippen LogP contribution in [0, 0.1) is 6.92 Å². The molecule has 1 amide bonds. The molecule has 0 spiro atoms. The summed E-state index contributed by atoms with van der Waals surface area (Å²) in [6.07, 6.45) is 0.629. The summed E-state index contributed by atoms with van der Waals surface area (Å²) < 4.78 is 5.80. The first-order chi connectivity index (χ1) is 9.13. The molecule has 0 bridgehead atoms. The number of aromatic nitrogens is 2. The maximum atomic E-state index is 11.8. The maximum Gasteiger partial charge on any atom is 0.225 e. The summed E-state index contributed by atoms with van der Waals surface area (Å²) in [5, 5.41) is 10.2. The molecule has 0 aliphatic carbocycles. The van der Waals surface area contributed by atoms with Crippen molar-refractivity contribution in [3.05, 3.63) is 10.0 Å². The Bertz CT molecular complexity index is 478. The van der Waals surface area contributed by atoms with Gasteiger partial charge in [0.15, 0.2) is 0 Å². The van der Waals surface area contributed by atoms with E-state index in [0.717, 1.165) is 29.6 Å². The average molecular weight is 282 g/mol. The first-order valence-corrected chi connectivity index (χ1v) is 7.34. The third-order valence-electron chi connectivity index (χ3n) is 3.78. The Labute approximate surface area is 116 Å². The van der Waals surface area contributed by atoms with Gasteiger partial charge in [-0.3, -0.25) is 9.69 Å². The topological polar surface area (TPSA) is 58.6 Å². The maximum absolute atomic E-state index is 11.8. The van der Waals surface area contributed by atoms with Crippen molar-refractivity contribution in [1.82, 2.24) is 20.0 Å². The van der Waals surface area contributed by atoms with Crippen molar-refractivity contribution >= 4 is 17.2 Å². The number of carbonyl (C=O) groups is 1. The highest BCUT2D eigenvalue weighted by atomic mass is 32.1. The molecular formula is C12H18N4O2S. The molecular weight excluding hydrogens is 264 g/mol. The van der Waals surface area contributed by atoms with Gasteiger partial charge in [-0.15, -0.1) is 21.5 Å². The van der Waals surface area contributed by atoms with Crippen LogP contribution in [-0.4, -0.2) is 64.8 Å². The van der Waals surface area contributed by atoms with E-state index in [4.69, 9.17) is 4.74 Å². The quantitative estimate of drug-likeness (QED) is 0.780. The summed E-state index contributed by atoms with van der Waals surface area (Å²) in [7, 11) is 1.88. The van der Waals surface area contributed by atoms with Gasteiger partial charge in [-0.2, -0.15) is 0 Å². The lowest BCUT2D eigenvalue weighted by Crippen LogP contribution is -2.42. The van der Waals surface area contributed by atoms with Gasteiger partial charge in [-0.05, 0) is 6.92 Å². The van der Waals surface area contributed by atoms with E-state index in [2.05, 4.69) is 15.1 Å². The molecule has 104 valence electrons. The van der Waals surface area contributed by atoms with Gasteiger partial charge in [-0.1, -0.05) is 0 Å². The highest BCUT2D eigenvalue weighted by molar-refractivity contribution is 7.11. The highest BCUT2D eigenvalue weighted by Crippen LogP contribution is 2.24. The Morgan fingerprint density at radius 3 is 3.00 bits per heavy atom. The van der Waals surface area contributed by atoms with Crippen molar-refractivity contribution in [2.45, 2.75) is 32.0 Å². The largest absolute Gasteiger partial charge is 0.374 e. The molecule has 3 rings (SSSR count). The molecule has 0 radical (unpaired) electrons. The standard InChI is InChI=1S/C12H18N4O2S/c1-8-13-14-11(19-8)7-16-5-9-10(6-16)18-4-3-12(17)15(9)2/h9-10H,3-7H2,1-2H3/t9-,10-/m0/s1. The molecule has 0 saturated carbocycles. The summed E-state index contributed by atoms with van der Waals surface area (Å²) >= 11 is 1.63. The van der Waals surface area contributed by atoms with Crippen LogP contribution in [0.25, 0.3) is 0 Å². The molecule has 19 heavy (non-hydrogen) atoms. The summed E-state index contributed by atoms with van der Waals surface area (Å²) in [4.78, 5) is 16.0. The average Bonchev–Trinajstić information content (AvgIpc) is 2.92. The number of likely N-dealkylation sites (tertiary alicyclic amines) is 1. The summed E-state index contributed by atoms with van der Waals surface area (Å²) in [6.45, 7) is 5.01. The normalized spacial score (nSPS) is 28.5. The SMILES string of the molecule is Cc1nnc(CN2C[C@@H]3OCCC(=O)N(C)[C@H]3C2)s1. The van der Waals surface area contributed by atoms with Gasteiger partial charge in [0.05, 0.1) is 31.7 Å². The first kappa shape index (κ1) is 13.0. The van der Waals surface area contributed by atoms with Gasteiger partial charge in [0.25, 0.3) is 0 Å². The number of fused-ring (bicyclic) bond motifs is 1. The fourth-order valence-electron chi connectivity index (χ4n) is 2.75. The zero-order valence-corrected chi connectivity index (χ0v) is 12.0. The minimum Gasteiger partial charge on any atom is -0.374 e. The van der Waals surface area contributed by atoms with Crippen LogP contribution >= 0.6 is 11.3 Å². The zero-order valence-electron chi connectivity index (χ0n) is 11.2. The predicted octanol–water partition coefficient (Wildman–Crippen LogP) is 0.278. The second-order valence-electron chi connectivity index (χ2n) is 5.14. The van der Waals surface area contributed by atoms with E-state index in [1.54, 1.807) is 11.3 Å². The molecule has 7 heteroatoms. The van der Waals surface area contributed by atoms with Crippen molar-refractivity contribution in [2.75, 3.05) is 26.7 Å². The number of ether oxygens (including phenoxy) is 1. The Balaban J connectivity index is 1.67. The lowest BCUT2D eigenvalue weighted by molar-refractivity contribution is -0.131. The molecule has 2 atom stereocenters. The van der Waals surface area contributed by atoms with Crippen LogP contribution in [0.4, 0.5) is 0 Å². The van der Waals surface area contributed by atoms with E-state index in [1.165, 1.54) is 0 Å². The molecule has 2 aliphatic rings. The smallest absolute Gasteiger partial charge is 0.225 e. The van der Waals surface area contributed by atoms with E-state index in [-0.39, 0.29) is 18.1 Å². The Morgan fingerprint density at radius 1 is 1.42 bits per heavy atom. The summed E-state index contributed by atoms with van der Waals surface area (Å²) in [5.41, 5.74) is 0. The van der Waals surface area contributed by atoms with E-state index in [9.17, 15) is 4.79 Å². The molecule has 0 unspecified atom stereocenters. The molecule has 0 N–H and O–H groups in total. The second-order valence-corrected chi connectivity index (χ2v) is 6.41. The number of hydrogen-bond donors (Lipinski definition) is 0. The molecule has 2 saturated heterocycles. The van der Waals surface area contributed by atoms with Crippen molar-refractivity contribution in [1.29, 1.82) is 0 Å². The predicted molar refractivity (Wildman–Crippen MR) is 70.8 cm³/mol. The second kappa shape index (κ2) is 5.15. The minimum atomic E-state index is 0.130. The van der Waals surface area contributed by atoms with Crippen LogP contribution in [0.5, 0.6) is 0 Å². The Morgan fingerprint density at radius 2 is 2.26 bits per heavy atom. The van der Waals surface area contributed by atoms with Crippen LogP contribution in [0.15, 0.2) is 0 Å². The first-order valence-electron chi connectivity index (χ1n) is 6.52. The third-order valence-corrected chi connectivity index (χ3v) is 4.60. The highest BCUT2D eigenvalue weighted by Gasteiger charge is 2.39. The number of rotatable bonds is 2. The van der Waals surface area contributed by atoms with Crippen LogP contribution in [0.1, 0.15) is 16.4 Å². The van der Waals surface area contributed by atoms with Crippen LogP contribution in [0.2, 0.25) is 0 Å². The monoisotopic (exact) mass is 282 g/mol. The van der Waals surface area contributed by atoms with Gasteiger partial charge in [0.2, 0.25) is 5.91 Å². The Hall–Kier alpha value is -1.05. The van der Waals surface area contributed by atoms with Gasteiger partial charge in [0.1, 0.15) is 10.0 Å². The molecule has 3 heterocycles. The van der Waals surface area contributed by atoms with Crippen LogP contribution in [0.3, 0.4) is 0 Å². The fourth-order valence-corrected chi connectivity index (χ4v) is 3.50. The van der Waals surface area contributed by atoms with Crippen LogP contribution in [-0.2, 0) is 16.1 Å². The molecule has 0 aromatic carbocycles. The lowest BCUT2D eigenvalue weighted by atomic mass is 10.2. The molecule has 1 aromatic heterocycles. The lowest BCUT2D eigenvalue weighted by Gasteiger charge is -2.25. The van der Waals surface area contributed by atoms with E-state index in [1.807, 2.05) is 18.9 Å². The molecule has 2 aliphatic heterocycles. The van der Waals surface area contributed by atoms with Gasteiger partial charge >= 0.3 is 0 Å². The van der Waals surface area contributed by atoms with E-state index >= 15 is 0 Å². The van der Waals surface area contributed by atoms with Gasteiger partial charge in [0, 0.05) is 20.1 Å². The zero-order chi connectivity index (χ0) is 13.4. The molecule has 2 fully saturated rings. The number of carbonyl (C=O) groups excluding carboxylic acids is 1. The number of amides is 1. The van der Waals surface area contributed by atoms with Crippen molar-refractivity contribution < 1.29 is 9.53 Å². The van der Waals surface area contributed by atoms with E-state index < -0.39 is 0 Å².